The van der Waals surface area contributed by atoms with Crippen LogP contribution in [0.15, 0.2) is 35.5 Å². The molecule has 0 radical (unpaired) electrons. The molecule has 0 heterocycles. The second-order valence-electron chi connectivity index (χ2n) is 11.2. The molecule has 3 nitrogen and oxygen atoms in total. The summed E-state index contributed by atoms with van der Waals surface area (Å²) in [6.07, 6.45) is 15.4. The Morgan fingerprint density at radius 3 is 2.66 bits per heavy atom. The molecular weight excluding hydrogens is 360 g/mol. The summed E-state index contributed by atoms with van der Waals surface area (Å²) in [4.78, 5) is 0. The maximum atomic E-state index is 10.1. The van der Waals surface area contributed by atoms with Crippen LogP contribution in [0.1, 0.15) is 73.1 Å². The maximum Gasteiger partial charge on any atom is 0.0758 e. The van der Waals surface area contributed by atoms with E-state index in [9.17, 15) is 10.2 Å². The smallest absolute Gasteiger partial charge is 0.0758 e. The van der Waals surface area contributed by atoms with Crippen molar-refractivity contribution < 1.29 is 14.9 Å². The van der Waals surface area contributed by atoms with E-state index in [2.05, 4.69) is 39.0 Å². The molecule has 0 saturated heterocycles. The summed E-state index contributed by atoms with van der Waals surface area (Å²) in [5.41, 5.74) is 2.78. The summed E-state index contributed by atoms with van der Waals surface area (Å²) >= 11 is 0. The number of aliphatic hydroxyl groups excluding tert-OH is 1. The van der Waals surface area contributed by atoms with Crippen molar-refractivity contribution in [1.29, 1.82) is 0 Å². The minimum atomic E-state index is -0.659. The molecule has 0 spiro atoms. The van der Waals surface area contributed by atoms with Crippen molar-refractivity contribution in [2.24, 2.45) is 28.6 Å². The fourth-order valence-electron chi connectivity index (χ4n) is 7.01. The third kappa shape index (κ3) is 3.68. The molecule has 2 saturated carbocycles. The molecule has 0 aromatic carbocycles. The Morgan fingerprint density at radius 2 is 1.93 bits per heavy atom. The fourth-order valence-corrected chi connectivity index (χ4v) is 7.01. The van der Waals surface area contributed by atoms with Crippen molar-refractivity contribution >= 4 is 0 Å². The highest BCUT2D eigenvalue weighted by atomic mass is 16.5. The average Bonchev–Trinajstić information content (AvgIpc) is 2.98. The lowest BCUT2D eigenvalue weighted by molar-refractivity contribution is -0.0495. The summed E-state index contributed by atoms with van der Waals surface area (Å²) in [5.74, 6) is 1.80. The molecule has 29 heavy (non-hydrogen) atoms. The first-order valence-electron chi connectivity index (χ1n) is 11.7. The Morgan fingerprint density at radius 1 is 1.17 bits per heavy atom. The first-order chi connectivity index (χ1) is 13.5. The van der Waals surface area contributed by atoms with Gasteiger partial charge in [0.05, 0.1) is 17.8 Å². The van der Waals surface area contributed by atoms with Crippen molar-refractivity contribution in [3.8, 4) is 0 Å². The SMILES string of the molecule is C[C@H](OCCC(C)(C)O)[C@H]1CC[C@H]2C3=CC=C4C[C@@H](O)C=C[C@]4(C)[C@H]3CC[C@]12C. The Hall–Kier alpha value is -0.900. The standard InChI is InChI=1S/C26H40O3/c1-17(29-15-14-24(2,3)28)21-8-9-22-20-7-6-18-16-19(27)10-12-25(18,4)23(20)11-13-26(21,22)5/h6-7,10,12,17,19,21-23,27-28H,8-9,11,13-16H2,1-5H3/t17-,19-,21+,22-,23-,25-,26+/m0/s1. The van der Waals surface area contributed by atoms with Gasteiger partial charge in [0.1, 0.15) is 0 Å². The van der Waals surface area contributed by atoms with Gasteiger partial charge in [-0.2, -0.15) is 0 Å². The third-order valence-electron chi connectivity index (χ3n) is 8.83. The number of allylic oxidation sites excluding steroid dienone is 4. The predicted octanol–water partition coefficient (Wildman–Crippen LogP) is 5.19. The van der Waals surface area contributed by atoms with Crippen LogP contribution in [-0.4, -0.2) is 34.6 Å². The van der Waals surface area contributed by atoms with Gasteiger partial charge < -0.3 is 14.9 Å². The van der Waals surface area contributed by atoms with Gasteiger partial charge in [-0.15, -0.1) is 0 Å². The van der Waals surface area contributed by atoms with Gasteiger partial charge in [-0.1, -0.05) is 49.3 Å². The van der Waals surface area contributed by atoms with Gasteiger partial charge in [0.2, 0.25) is 0 Å². The Balaban J connectivity index is 1.52. The highest BCUT2D eigenvalue weighted by Crippen LogP contribution is 2.64. The van der Waals surface area contributed by atoms with E-state index < -0.39 is 5.60 Å². The summed E-state index contributed by atoms with van der Waals surface area (Å²) in [6, 6.07) is 0. The highest BCUT2D eigenvalue weighted by molar-refractivity contribution is 5.42. The molecule has 2 fully saturated rings. The predicted molar refractivity (Wildman–Crippen MR) is 117 cm³/mol. The van der Waals surface area contributed by atoms with Crippen molar-refractivity contribution in [3.63, 3.8) is 0 Å². The topological polar surface area (TPSA) is 49.7 Å². The molecule has 3 heteroatoms. The molecule has 0 unspecified atom stereocenters. The molecule has 162 valence electrons. The van der Waals surface area contributed by atoms with Gasteiger partial charge in [-0.25, -0.2) is 0 Å². The van der Waals surface area contributed by atoms with E-state index in [4.69, 9.17) is 4.74 Å². The van der Waals surface area contributed by atoms with Crippen LogP contribution < -0.4 is 0 Å². The molecule has 0 aromatic heterocycles. The summed E-state index contributed by atoms with van der Waals surface area (Å²) in [5, 5.41) is 20.1. The molecule has 4 aliphatic rings. The number of rotatable bonds is 5. The lowest BCUT2D eigenvalue weighted by atomic mass is 9.51. The van der Waals surface area contributed by atoms with E-state index in [1.165, 1.54) is 31.3 Å². The molecule has 7 atom stereocenters. The van der Waals surface area contributed by atoms with Gasteiger partial charge in [0.15, 0.2) is 0 Å². The van der Waals surface area contributed by atoms with Crippen molar-refractivity contribution in [2.45, 2.75) is 91.0 Å². The number of aliphatic hydroxyl groups is 2. The zero-order valence-electron chi connectivity index (χ0n) is 18.9. The van der Waals surface area contributed by atoms with E-state index in [-0.39, 0.29) is 17.6 Å². The van der Waals surface area contributed by atoms with Crippen molar-refractivity contribution in [1.82, 2.24) is 0 Å². The largest absolute Gasteiger partial charge is 0.390 e. The van der Waals surface area contributed by atoms with Crippen LogP contribution in [0.4, 0.5) is 0 Å². The summed E-state index contributed by atoms with van der Waals surface area (Å²) in [6.45, 7) is 11.5. The average molecular weight is 401 g/mol. The van der Waals surface area contributed by atoms with Gasteiger partial charge in [-0.3, -0.25) is 0 Å². The molecule has 0 aliphatic heterocycles. The molecule has 4 rings (SSSR count). The highest BCUT2D eigenvalue weighted by Gasteiger charge is 2.56. The van der Waals surface area contributed by atoms with Crippen molar-refractivity contribution in [3.05, 3.63) is 35.5 Å². The summed E-state index contributed by atoms with van der Waals surface area (Å²) < 4.78 is 6.24. The minimum Gasteiger partial charge on any atom is -0.390 e. The zero-order chi connectivity index (χ0) is 21.0. The van der Waals surface area contributed by atoms with E-state index in [1.807, 2.05) is 19.9 Å². The van der Waals surface area contributed by atoms with Crippen LogP contribution in [0.3, 0.4) is 0 Å². The first-order valence-corrected chi connectivity index (χ1v) is 11.7. The first kappa shape index (κ1) is 21.3. The quantitative estimate of drug-likeness (QED) is 0.625. The minimum absolute atomic E-state index is 0.0809. The second-order valence-corrected chi connectivity index (χ2v) is 11.2. The Kier molecular flexibility index (Phi) is 5.41. The lowest BCUT2D eigenvalue weighted by Gasteiger charge is -2.53. The van der Waals surface area contributed by atoms with Crippen LogP contribution in [0.5, 0.6) is 0 Å². The van der Waals surface area contributed by atoms with Gasteiger partial charge in [-0.05, 0) is 82.5 Å². The number of hydrogen-bond donors (Lipinski definition) is 2. The number of fused-ring (bicyclic) bond motifs is 5. The zero-order valence-corrected chi connectivity index (χ0v) is 18.9. The third-order valence-corrected chi connectivity index (χ3v) is 8.83. The van der Waals surface area contributed by atoms with Crippen LogP contribution in [0, 0.1) is 28.6 Å². The fraction of sp³-hybridized carbons (Fsp3) is 0.769. The summed E-state index contributed by atoms with van der Waals surface area (Å²) in [7, 11) is 0. The molecule has 4 aliphatic carbocycles. The number of hydrogen-bond acceptors (Lipinski definition) is 3. The van der Waals surface area contributed by atoms with Gasteiger partial charge in [0.25, 0.3) is 0 Å². The molecular formula is C26H40O3. The van der Waals surface area contributed by atoms with Gasteiger partial charge in [0, 0.05) is 12.0 Å². The maximum absolute atomic E-state index is 10.1. The van der Waals surface area contributed by atoms with Crippen LogP contribution >= 0.6 is 0 Å². The monoisotopic (exact) mass is 400 g/mol. The van der Waals surface area contributed by atoms with Crippen LogP contribution in [0.2, 0.25) is 0 Å². The Bertz CT molecular complexity index is 727. The Labute approximate surface area is 176 Å². The van der Waals surface area contributed by atoms with E-state index in [0.717, 1.165) is 6.42 Å². The van der Waals surface area contributed by atoms with Crippen LogP contribution in [0.25, 0.3) is 0 Å². The number of ether oxygens (including phenoxy) is 1. The van der Waals surface area contributed by atoms with E-state index in [1.54, 1.807) is 5.57 Å². The molecule has 0 bridgehead atoms. The molecule has 2 N–H and O–H groups in total. The normalized spacial score (nSPS) is 42.4. The molecule has 0 aromatic rings. The van der Waals surface area contributed by atoms with Gasteiger partial charge >= 0.3 is 0 Å². The van der Waals surface area contributed by atoms with Crippen LogP contribution in [-0.2, 0) is 4.74 Å². The lowest BCUT2D eigenvalue weighted by Crippen LogP contribution is -2.46. The second kappa shape index (κ2) is 7.35. The molecule has 0 amide bonds. The van der Waals surface area contributed by atoms with E-state index >= 15 is 0 Å². The van der Waals surface area contributed by atoms with Crippen molar-refractivity contribution in [2.75, 3.05) is 6.61 Å². The van der Waals surface area contributed by atoms with E-state index in [0.29, 0.717) is 36.2 Å².